The molecule has 0 aliphatic carbocycles. The minimum absolute atomic E-state index is 0.178. The fraction of sp³-hybridized carbons (Fsp3) is 0.828. The highest BCUT2D eigenvalue weighted by atomic mass is 16.4. The molecule has 0 aromatic rings. The highest BCUT2D eigenvalue weighted by Crippen LogP contribution is 2.21. The van der Waals surface area contributed by atoms with E-state index < -0.39 is 35.7 Å². The molecule has 3 unspecified atom stereocenters. The molecule has 0 aromatic carbocycles. The molecule has 210 valence electrons. The molecule has 0 aromatic heterocycles. The number of quaternary nitrogens is 1. The summed E-state index contributed by atoms with van der Waals surface area (Å²) in [5, 5.41) is 28.4. The summed E-state index contributed by atoms with van der Waals surface area (Å²) in [6.07, 6.45) is 20.3. The van der Waals surface area contributed by atoms with Crippen molar-refractivity contribution < 1.29 is 34.2 Å². The molecule has 0 saturated carbocycles. The first kappa shape index (κ1) is 34.1. The minimum Gasteiger partial charge on any atom is -0.481 e. The zero-order chi connectivity index (χ0) is 27.4. The zero-order valence-corrected chi connectivity index (χ0v) is 23.4. The van der Waals surface area contributed by atoms with Crippen molar-refractivity contribution in [2.24, 2.45) is 17.8 Å². The van der Waals surface area contributed by atoms with E-state index in [1.54, 1.807) is 20.8 Å². The Bertz CT molecular complexity index is 593. The molecular weight excluding hydrogens is 458 g/mol. The van der Waals surface area contributed by atoms with Crippen LogP contribution in [0.3, 0.4) is 0 Å². The summed E-state index contributed by atoms with van der Waals surface area (Å²) >= 11 is 0. The lowest BCUT2D eigenvalue weighted by atomic mass is 10.0. The first-order chi connectivity index (χ1) is 17.0. The molecule has 0 rings (SSSR count). The Hall–Kier alpha value is -1.89. The number of rotatable bonds is 24. The lowest BCUT2D eigenvalue weighted by molar-refractivity contribution is -0.933. The minimum atomic E-state index is -0.949. The molecule has 0 spiro atoms. The molecule has 0 fully saturated rings. The van der Waals surface area contributed by atoms with E-state index >= 15 is 0 Å². The van der Waals surface area contributed by atoms with E-state index in [1.807, 2.05) is 0 Å². The average molecular weight is 513 g/mol. The van der Waals surface area contributed by atoms with Gasteiger partial charge in [-0.2, -0.15) is 0 Å². The third kappa shape index (κ3) is 16.7. The molecule has 0 radical (unpaired) electrons. The quantitative estimate of drug-likeness (QED) is 0.0762. The molecule has 3 N–H and O–H groups in total. The maximum atomic E-state index is 11.6. The van der Waals surface area contributed by atoms with Gasteiger partial charge in [0, 0.05) is 6.42 Å². The van der Waals surface area contributed by atoms with Gasteiger partial charge in [0.2, 0.25) is 0 Å². The molecule has 3 atom stereocenters. The van der Waals surface area contributed by atoms with E-state index in [4.69, 9.17) is 0 Å². The van der Waals surface area contributed by atoms with Crippen LogP contribution in [0.15, 0.2) is 12.2 Å². The summed E-state index contributed by atoms with van der Waals surface area (Å²) in [4.78, 5) is 34.7. The fourth-order valence-electron chi connectivity index (χ4n) is 4.99. The van der Waals surface area contributed by atoms with Gasteiger partial charge in [-0.15, -0.1) is 0 Å². The van der Waals surface area contributed by atoms with Gasteiger partial charge in [0.1, 0.15) is 17.8 Å². The second-order valence-electron chi connectivity index (χ2n) is 10.9. The molecule has 0 saturated heterocycles. The Morgan fingerprint density at radius 2 is 0.917 bits per heavy atom. The summed E-state index contributed by atoms with van der Waals surface area (Å²) in [6, 6.07) is 0. The Kier molecular flexibility index (Phi) is 19.1. The van der Waals surface area contributed by atoms with Crippen molar-refractivity contribution in [3.05, 3.63) is 12.2 Å². The Balaban J connectivity index is 4.67. The molecule has 0 bridgehead atoms. The van der Waals surface area contributed by atoms with Crippen LogP contribution in [0.1, 0.15) is 111 Å². The van der Waals surface area contributed by atoms with Crippen molar-refractivity contribution in [2.45, 2.75) is 111 Å². The topological polar surface area (TPSA) is 112 Å². The first-order valence-corrected chi connectivity index (χ1v) is 14.2. The number of carboxylic acids is 3. The predicted octanol–water partition coefficient (Wildman–Crippen LogP) is 6.61. The van der Waals surface area contributed by atoms with Crippen molar-refractivity contribution in [1.29, 1.82) is 0 Å². The Morgan fingerprint density at radius 3 is 1.28 bits per heavy atom. The highest BCUT2D eigenvalue weighted by Gasteiger charge is 2.37. The number of unbranched alkanes of at least 4 members (excludes halogenated alkanes) is 11. The van der Waals surface area contributed by atoms with Crippen LogP contribution in [0.5, 0.6) is 0 Å². The lowest BCUT2D eigenvalue weighted by Gasteiger charge is -2.42. The van der Waals surface area contributed by atoms with Crippen LogP contribution in [0.25, 0.3) is 0 Å². The van der Waals surface area contributed by atoms with E-state index in [2.05, 4.69) is 19.1 Å². The van der Waals surface area contributed by atoms with Crippen LogP contribution in [0.4, 0.5) is 0 Å². The van der Waals surface area contributed by atoms with Gasteiger partial charge in [-0.1, -0.05) is 83.3 Å². The van der Waals surface area contributed by atoms with Crippen molar-refractivity contribution in [3.63, 3.8) is 0 Å². The van der Waals surface area contributed by atoms with Gasteiger partial charge >= 0.3 is 17.9 Å². The predicted molar refractivity (Wildman–Crippen MR) is 145 cm³/mol. The lowest BCUT2D eigenvalue weighted by Crippen LogP contribution is -2.57. The number of nitrogens with zero attached hydrogens (tertiary/aromatic N) is 1. The number of carbonyl (C=O) groups is 3. The summed E-state index contributed by atoms with van der Waals surface area (Å²) in [5.41, 5.74) is 0. The van der Waals surface area contributed by atoms with E-state index in [0.29, 0.717) is 13.0 Å². The largest absolute Gasteiger partial charge is 0.481 e. The molecule has 7 nitrogen and oxygen atoms in total. The summed E-state index contributed by atoms with van der Waals surface area (Å²) in [6.45, 7) is 8.25. The molecule has 0 aliphatic heterocycles. The average Bonchev–Trinajstić information content (AvgIpc) is 2.81. The van der Waals surface area contributed by atoms with Crippen LogP contribution >= 0.6 is 0 Å². The third-order valence-electron chi connectivity index (χ3n) is 7.16. The van der Waals surface area contributed by atoms with Crippen molar-refractivity contribution in [2.75, 3.05) is 26.2 Å². The van der Waals surface area contributed by atoms with E-state index in [9.17, 15) is 29.7 Å². The first-order valence-electron chi connectivity index (χ1n) is 14.2. The summed E-state index contributed by atoms with van der Waals surface area (Å²) in [5.74, 6) is -4.91. The molecule has 0 amide bonds. The maximum absolute atomic E-state index is 11.6. The zero-order valence-electron chi connectivity index (χ0n) is 23.4. The third-order valence-corrected chi connectivity index (χ3v) is 7.16. The molecule has 0 aliphatic rings. The Labute approximate surface area is 219 Å². The van der Waals surface area contributed by atoms with Gasteiger partial charge in [0.25, 0.3) is 0 Å². The molecule has 0 heterocycles. The van der Waals surface area contributed by atoms with Crippen LogP contribution in [0, 0.1) is 17.8 Å². The van der Waals surface area contributed by atoms with Gasteiger partial charge in [0.15, 0.2) is 0 Å². The second-order valence-corrected chi connectivity index (χ2v) is 10.9. The van der Waals surface area contributed by atoms with Crippen molar-refractivity contribution in [3.8, 4) is 0 Å². The second kappa shape index (κ2) is 20.2. The number of aliphatic carboxylic acids is 3. The van der Waals surface area contributed by atoms with Crippen molar-refractivity contribution in [1.82, 2.24) is 0 Å². The molecular formula is C29H54NO6+. The fourth-order valence-corrected chi connectivity index (χ4v) is 4.99. The van der Waals surface area contributed by atoms with Gasteiger partial charge in [-0.3, -0.25) is 14.4 Å². The summed E-state index contributed by atoms with van der Waals surface area (Å²) in [7, 11) is 0. The number of carboxylic acid groups (broad SMARTS) is 3. The Morgan fingerprint density at radius 1 is 0.583 bits per heavy atom. The van der Waals surface area contributed by atoms with Crippen LogP contribution in [-0.2, 0) is 14.4 Å². The van der Waals surface area contributed by atoms with Crippen LogP contribution < -0.4 is 0 Å². The van der Waals surface area contributed by atoms with Gasteiger partial charge in [-0.25, -0.2) is 0 Å². The normalized spacial score (nSPS) is 15.9. The monoisotopic (exact) mass is 512 g/mol. The highest BCUT2D eigenvalue weighted by molar-refractivity contribution is 5.70. The van der Waals surface area contributed by atoms with Gasteiger partial charge < -0.3 is 19.8 Å². The number of hydrogen-bond acceptors (Lipinski definition) is 3. The van der Waals surface area contributed by atoms with E-state index in [1.165, 1.54) is 64.2 Å². The number of hydrogen-bond donors (Lipinski definition) is 3. The van der Waals surface area contributed by atoms with Gasteiger partial charge in [0.05, 0.1) is 26.2 Å². The maximum Gasteiger partial charge on any atom is 0.311 e. The SMILES string of the molecule is CCCCCCCCCCCCC/C=C/CC[N+](CC(C)C(=O)O)(CC(C)C(=O)O)CC(C)C(=O)O. The molecule has 7 heteroatoms. The smallest absolute Gasteiger partial charge is 0.311 e. The van der Waals surface area contributed by atoms with Gasteiger partial charge in [-0.05, 0) is 33.6 Å². The van der Waals surface area contributed by atoms with Crippen molar-refractivity contribution >= 4 is 17.9 Å². The number of allylic oxidation sites excluding steroid dienone is 1. The van der Waals surface area contributed by atoms with E-state index in [-0.39, 0.29) is 24.1 Å². The van der Waals surface area contributed by atoms with E-state index in [0.717, 1.165) is 12.8 Å². The molecule has 36 heavy (non-hydrogen) atoms. The summed E-state index contributed by atoms with van der Waals surface area (Å²) < 4.78 is 0.178. The van der Waals surface area contributed by atoms with Crippen LogP contribution in [-0.4, -0.2) is 63.9 Å². The standard InChI is InChI=1S/C29H53NO6/c1-5-6-7-8-9-10-11-12-13-14-15-16-17-18-19-20-30(21-24(2)27(31)32,22-25(3)28(33)34)23-26(4)29(35)36/h17-18,24-26H,5-16,19-23H2,1-4H3,(H2-,31,32,33,34,35,36)/p+1/b18-17+. The van der Waals surface area contributed by atoms with Crippen LogP contribution in [0.2, 0.25) is 0 Å².